The smallest absolute Gasteiger partial charge is 0.229 e. The van der Waals surface area contributed by atoms with E-state index in [4.69, 9.17) is 7.05 Å². The monoisotopic (exact) mass is 230 g/mol. The van der Waals surface area contributed by atoms with Gasteiger partial charge in [0.05, 0.1) is 0 Å². The molecule has 0 aromatic heterocycles. The summed E-state index contributed by atoms with van der Waals surface area (Å²) in [4.78, 5) is 15.8. The molecule has 0 saturated carbocycles. The number of anilines is 1. The topological polar surface area (TPSA) is 23.6 Å². The number of carbonyl (C=O) groups is 1. The van der Waals surface area contributed by atoms with Crippen LogP contribution in [0.15, 0.2) is 30.3 Å². The fourth-order valence-electron chi connectivity index (χ4n) is 2.20. The van der Waals surface area contributed by atoms with E-state index in [1.54, 1.807) is 9.80 Å². The summed E-state index contributed by atoms with van der Waals surface area (Å²) in [6, 6.07) is 9.75. The second-order valence-electron chi connectivity index (χ2n) is 4.54. The normalized spacial score (nSPS) is 18.0. The molecule has 1 heterocycles. The molecule has 1 fully saturated rings. The van der Waals surface area contributed by atoms with E-state index in [9.17, 15) is 4.79 Å². The molecule has 1 aliphatic heterocycles. The van der Waals surface area contributed by atoms with E-state index in [0.717, 1.165) is 31.6 Å². The van der Waals surface area contributed by atoms with Crippen LogP contribution in [0, 0.1) is 13.0 Å². The highest BCUT2D eigenvalue weighted by Crippen LogP contribution is 2.21. The lowest BCUT2D eigenvalue weighted by Crippen LogP contribution is -2.39. The van der Waals surface area contributed by atoms with Crippen LogP contribution in [0.25, 0.3) is 0 Å². The van der Waals surface area contributed by atoms with Gasteiger partial charge in [-0.3, -0.25) is 9.69 Å². The lowest BCUT2D eigenvalue weighted by atomic mass is 9.95. The molecule has 0 N–H and O–H groups in total. The van der Waals surface area contributed by atoms with Crippen molar-refractivity contribution in [3.8, 4) is 0 Å². The van der Waals surface area contributed by atoms with Crippen molar-refractivity contribution in [3.05, 3.63) is 37.4 Å². The molecule has 2 radical (unpaired) electrons. The lowest BCUT2D eigenvalue weighted by Gasteiger charge is -2.30. The molecular formula is C14H18N2O. The minimum absolute atomic E-state index is 0.111. The van der Waals surface area contributed by atoms with E-state index < -0.39 is 0 Å². The Hall–Kier alpha value is -1.35. The number of rotatable bonds is 2. The van der Waals surface area contributed by atoms with Crippen LogP contribution >= 0.6 is 0 Å². The predicted molar refractivity (Wildman–Crippen MR) is 68.4 cm³/mol. The van der Waals surface area contributed by atoms with Gasteiger partial charge in [0.25, 0.3) is 0 Å². The third-order valence-electron chi connectivity index (χ3n) is 3.35. The third-order valence-corrected chi connectivity index (χ3v) is 3.35. The fraction of sp³-hybridized carbons (Fsp3) is 0.429. The fourth-order valence-corrected chi connectivity index (χ4v) is 2.20. The predicted octanol–water partition coefficient (Wildman–Crippen LogP) is 2.03. The van der Waals surface area contributed by atoms with E-state index in [2.05, 4.69) is 0 Å². The molecule has 0 unspecified atom stereocenters. The van der Waals surface area contributed by atoms with Crippen LogP contribution < -0.4 is 4.90 Å². The SMILES string of the molecule is [CH]N1CCC(C(=O)N(C)c2ccccc2)CC1. The van der Waals surface area contributed by atoms with Crippen LogP contribution in [0.2, 0.25) is 0 Å². The first-order chi connectivity index (χ1) is 8.18. The Morgan fingerprint density at radius 1 is 1.29 bits per heavy atom. The van der Waals surface area contributed by atoms with Gasteiger partial charge in [-0.2, -0.15) is 0 Å². The largest absolute Gasteiger partial charge is 0.315 e. The lowest BCUT2D eigenvalue weighted by molar-refractivity contribution is -0.123. The Morgan fingerprint density at radius 2 is 1.88 bits per heavy atom. The van der Waals surface area contributed by atoms with Crippen LogP contribution in [0.1, 0.15) is 12.8 Å². The van der Waals surface area contributed by atoms with E-state index in [-0.39, 0.29) is 11.8 Å². The van der Waals surface area contributed by atoms with Gasteiger partial charge in [-0.05, 0) is 38.1 Å². The van der Waals surface area contributed by atoms with Crippen molar-refractivity contribution in [2.24, 2.45) is 5.92 Å². The van der Waals surface area contributed by atoms with Crippen molar-refractivity contribution in [2.75, 3.05) is 25.0 Å². The molecule has 2 rings (SSSR count). The van der Waals surface area contributed by atoms with Gasteiger partial charge in [-0.25, -0.2) is 0 Å². The summed E-state index contributed by atoms with van der Waals surface area (Å²) in [6.45, 7) is 1.61. The summed E-state index contributed by atoms with van der Waals surface area (Å²) in [7, 11) is 7.53. The highest BCUT2D eigenvalue weighted by molar-refractivity contribution is 5.94. The van der Waals surface area contributed by atoms with Crippen molar-refractivity contribution in [2.45, 2.75) is 12.8 Å². The van der Waals surface area contributed by atoms with E-state index >= 15 is 0 Å². The highest BCUT2D eigenvalue weighted by Gasteiger charge is 2.26. The number of hydrogen-bond acceptors (Lipinski definition) is 2. The number of amides is 1. The van der Waals surface area contributed by atoms with Gasteiger partial charge in [0, 0.05) is 25.7 Å². The molecule has 0 spiro atoms. The van der Waals surface area contributed by atoms with E-state index in [1.807, 2.05) is 37.4 Å². The van der Waals surface area contributed by atoms with Crippen molar-refractivity contribution < 1.29 is 4.79 Å². The summed E-state index contributed by atoms with van der Waals surface area (Å²) in [5, 5.41) is 0. The van der Waals surface area contributed by atoms with E-state index in [0.29, 0.717) is 0 Å². The number of carbonyl (C=O) groups excluding carboxylic acids is 1. The standard InChI is InChI=1S/C14H18N2O/c1-15-10-8-12(9-11-15)14(17)16(2)13-6-4-3-5-7-13/h1,3-7,12H,8-11H2,2H3. The average molecular weight is 230 g/mol. The van der Waals surface area contributed by atoms with Gasteiger partial charge in [-0.15, -0.1) is 0 Å². The van der Waals surface area contributed by atoms with Crippen molar-refractivity contribution in [1.29, 1.82) is 0 Å². The zero-order valence-corrected chi connectivity index (χ0v) is 10.2. The Kier molecular flexibility index (Phi) is 3.79. The van der Waals surface area contributed by atoms with Gasteiger partial charge in [0.1, 0.15) is 0 Å². The average Bonchev–Trinajstić information content (AvgIpc) is 2.39. The van der Waals surface area contributed by atoms with Gasteiger partial charge in [-0.1, -0.05) is 18.2 Å². The molecule has 1 amide bonds. The number of piperidine rings is 1. The molecule has 17 heavy (non-hydrogen) atoms. The Balaban J connectivity index is 2.00. The summed E-state index contributed by atoms with van der Waals surface area (Å²) in [6.07, 6.45) is 1.71. The molecule has 0 atom stereocenters. The first kappa shape index (κ1) is 12.1. The van der Waals surface area contributed by atoms with Crippen LogP contribution in [0.3, 0.4) is 0 Å². The Morgan fingerprint density at radius 3 is 2.47 bits per heavy atom. The van der Waals surface area contributed by atoms with Crippen LogP contribution in [-0.2, 0) is 4.79 Å². The molecule has 3 heteroatoms. The maximum absolute atomic E-state index is 12.3. The van der Waals surface area contributed by atoms with Crippen molar-refractivity contribution >= 4 is 11.6 Å². The van der Waals surface area contributed by atoms with Crippen molar-refractivity contribution in [1.82, 2.24) is 4.90 Å². The number of para-hydroxylation sites is 1. The third kappa shape index (κ3) is 2.86. The number of benzene rings is 1. The van der Waals surface area contributed by atoms with Crippen LogP contribution in [0.4, 0.5) is 5.69 Å². The maximum Gasteiger partial charge on any atom is 0.229 e. The molecule has 1 aliphatic rings. The van der Waals surface area contributed by atoms with Gasteiger partial charge >= 0.3 is 0 Å². The Labute approximate surface area is 103 Å². The molecule has 0 aliphatic carbocycles. The second kappa shape index (κ2) is 5.32. The molecule has 3 nitrogen and oxygen atoms in total. The molecule has 90 valence electrons. The maximum atomic E-state index is 12.3. The quantitative estimate of drug-likeness (QED) is 0.776. The summed E-state index contributed by atoms with van der Waals surface area (Å²) in [5.41, 5.74) is 0.952. The summed E-state index contributed by atoms with van der Waals surface area (Å²) < 4.78 is 0. The minimum atomic E-state index is 0.111. The first-order valence-corrected chi connectivity index (χ1v) is 6.01. The molecular weight excluding hydrogens is 212 g/mol. The Bertz CT molecular complexity index is 369. The number of likely N-dealkylation sites (tertiary alicyclic amines) is 1. The van der Waals surface area contributed by atoms with Gasteiger partial charge in [0.2, 0.25) is 5.91 Å². The zero-order chi connectivity index (χ0) is 12.3. The van der Waals surface area contributed by atoms with Crippen molar-refractivity contribution in [3.63, 3.8) is 0 Å². The van der Waals surface area contributed by atoms with E-state index in [1.165, 1.54) is 0 Å². The molecule has 1 saturated heterocycles. The summed E-state index contributed by atoms with van der Waals surface area (Å²) in [5.74, 6) is 0.310. The zero-order valence-electron chi connectivity index (χ0n) is 10.2. The summed E-state index contributed by atoms with van der Waals surface area (Å²) >= 11 is 0. The number of nitrogens with zero attached hydrogens (tertiary/aromatic N) is 2. The molecule has 1 aromatic carbocycles. The second-order valence-corrected chi connectivity index (χ2v) is 4.54. The minimum Gasteiger partial charge on any atom is -0.315 e. The molecule has 0 bridgehead atoms. The van der Waals surface area contributed by atoms with Gasteiger partial charge in [0.15, 0.2) is 0 Å². The van der Waals surface area contributed by atoms with Gasteiger partial charge < -0.3 is 4.90 Å². The molecule has 1 aromatic rings. The van der Waals surface area contributed by atoms with Crippen LogP contribution in [-0.4, -0.2) is 30.9 Å². The highest BCUT2D eigenvalue weighted by atomic mass is 16.2. The van der Waals surface area contributed by atoms with Crippen LogP contribution in [0.5, 0.6) is 0 Å². The number of hydrogen-bond donors (Lipinski definition) is 0. The first-order valence-electron chi connectivity index (χ1n) is 6.01.